The van der Waals surface area contributed by atoms with Crippen LogP contribution in [0, 0.1) is 5.82 Å². The van der Waals surface area contributed by atoms with Gasteiger partial charge in [0.05, 0.1) is 16.3 Å². The fourth-order valence-corrected chi connectivity index (χ4v) is 2.09. The van der Waals surface area contributed by atoms with Crippen LogP contribution in [-0.4, -0.2) is 12.5 Å². The zero-order valence-corrected chi connectivity index (χ0v) is 12.4. The normalized spacial score (nSPS) is 10.2. The number of benzene rings is 2. The Labute approximate surface area is 128 Å². The van der Waals surface area contributed by atoms with Gasteiger partial charge in [-0.15, -0.1) is 0 Å². The molecule has 0 saturated carbocycles. The maximum Gasteiger partial charge on any atom is 0.257 e. The molecule has 0 atom stereocenters. The molecule has 110 valence electrons. The molecule has 0 saturated heterocycles. The van der Waals surface area contributed by atoms with Crippen molar-refractivity contribution in [2.24, 2.45) is 0 Å². The second-order valence-electron chi connectivity index (χ2n) is 4.55. The minimum atomic E-state index is -0.442. The third-order valence-corrected chi connectivity index (χ3v) is 3.23. The van der Waals surface area contributed by atoms with Crippen molar-refractivity contribution in [1.29, 1.82) is 0 Å². The quantitative estimate of drug-likeness (QED) is 0.850. The van der Waals surface area contributed by atoms with Gasteiger partial charge in [0.2, 0.25) is 0 Å². The summed E-state index contributed by atoms with van der Waals surface area (Å²) in [6, 6.07) is 11.1. The Bertz CT molecular complexity index is 646. The highest BCUT2D eigenvalue weighted by molar-refractivity contribution is 6.34. The average Bonchev–Trinajstić information content (AvgIpc) is 2.48. The molecule has 0 aliphatic heterocycles. The number of rotatable bonds is 5. The Morgan fingerprint density at radius 3 is 2.67 bits per heavy atom. The van der Waals surface area contributed by atoms with Gasteiger partial charge in [-0.2, -0.15) is 0 Å². The molecule has 0 unspecified atom stereocenters. The molecule has 1 amide bonds. The van der Waals surface area contributed by atoms with E-state index in [2.05, 4.69) is 10.6 Å². The number of anilines is 2. The summed E-state index contributed by atoms with van der Waals surface area (Å²) in [7, 11) is 0. The smallest absolute Gasteiger partial charge is 0.257 e. The summed E-state index contributed by atoms with van der Waals surface area (Å²) in [4.78, 5) is 12.3. The molecule has 0 aliphatic carbocycles. The van der Waals surface area contributed by atoms with Gasteiger partial charge in [-0.25, -0.2) is 4.39 Å². The first-order valence-electron chi connectivity index (χ1n) is 6.71. The van der Waals surface area contributed by atoms with Gasteiger partial charge < -0.3 is 10.6 Å². The van der Waals surface area contributed by atoms with Gasteiger partial charge in [-0.3, -0.25) is 4.79 Å². The third-order valence-electron chi connectivity index (χ3n) is 2.92. The summed E-state index contributed by atoms with van der Waals surface area (Å²) in [5.41, 5.74) is 1.66. The van der Waals surface area contributed by atoms with E-state index in [0.717, 1.165) is 18.7 Å². The van der Waals surface area contributed by atoms with Crippen molar-refractivity contribution < 1.29 is 9.18 Å². The number of para-hydroxylation sites is 1. The van der Waals surface area contributed by atoms with Crippen molar-refractivity contribution in [3.8, 4) is 0 Å². The van der Waals surface area contributed by atoms with Crippen molar-refractivity contribution in [2.45, 2.75) is 13.3 Å². The molecule has 2 aromatic carbocycles. The molecule has 0 radical (unpaired) electrons. The molecular weight excluding hydrogens is 291 g/mol. The monoisotopic (exact) mass is 306 g/mol. The van der Waals surface area contributed by atoms with Gasteiger partial charge in [0.1, 0.15) is 5.82 Å². The van der Waals surface area contributed by atoms with E-state index in [-0.39, 0.29) is 10.9 Å². The van der Waals surface area contributed by atoms with E-state index >= 15 is 0 Å². The fourth-order valence-electron chi connectivity index (χ4n) is 1.88. The molecule has 0 aliphatic rings. The van der Waals surface area contributed by atoms with Crippen LogP contribution in [0.3, 0.4) is 0 Å². The van der Waals surface area contributed by atoms with Gasteiger partial charge >= 0.3 is 0 Å². The molecule has 3 nitrogen and oxygen atoms in total. The topological polar surface area (TPSA) is 41.1 Å². The highest BCUT2D eigenvalue weighted by Gasteiger charge is 2.12. The van der Waals surface area contributed by atoms with E-state index < -0.39 is 5.82 Å². The van der Waals surface area contributed by atoms with Crippen molar-refractivity contribution >= 4 is 28.9 Å². The summed E-state index contributed by atoms with van der Waals surface area (Å²) in [6.07, 6.45) is 0.958. The minimum absolute atomic E-state index is 0.169. The van der Waals surface area contributed by atoms with Crippen LogP contribution in [0.1, 0.15) is 23.7 Å². The second kappa shape index (κ2) is 7.09. The highest BCUT2D eigenvalue weighted by Crippen LogP contribution is 2.24. The molecule has 2 aromatic rings. The van der Waals surface area contributed by atoms with Crippen LogP contribution in [0.2, 0.25) is 5.02 Å². The third kappa shape index (κ3) is 3.95. The van der Waals surface area contributed by atoms with Crippen molar-refractivity contribution in [3.63, 3.8) is 0 Å². The Balaban J connectivity index is 2.20. The fraction of sp³-hybridized carbons (Fsp3) is 0.188. The van der Waals surface area contributed by atoms with E-state index in [4.69, 9.17) is 11.6 Å². The maximum absolute atomic E-state index is 13.0. The number of hydrogen-bond acceptors (Lipinski definition) is 2. The lowest BCUT2D eigenvalue weighted by molar-refractivity contribution is 0.102. The summed E-state index contributed by atoms with van der Waals surface area (Å²) in [6.45, 7) is 2.83. The van der Waals surface area contributed by atoms with Crippen molar-refractivity contribution in [3.05, 3.63) is 58.9 Å². The summed E-state index contributed by atoms with van der Waals surface area (Å²) < 4.78 is 13.0. The number of carbonyl (C=O) groups excluding carboxylic acids is 1. The van der Waals surface area contributed by atoms with Crippen LogP contribution >= 0.6 is 11.6 Å². The van der Waals surface area contributed by atoms with Gasteiger partial charge in [0, 0.05) is 12.2 Å². The van der Waals surface area contributed by atoms with E-state index in [1.807, 2.05) is 19.1 Å². The summed E-state index contributed by atoms with van der Waals surface area (Å²) in [5.74, 6) is -0.731. The average molecular weight is 307 g/mol. The molecule has 0 aromatic heterocycles. The largest absolute Gasteiger partial charge is 0.384 e. The second-order valence-corrected chi connectivity index (χ2v) is 4.96. The Kier molecular flexibility index (Phi) is 5.17. The lowest BCUT2D eigenvalue weighted by atomic mass is 10.1. The Morgan fingerprint density at radius 1 is 1.19 bits per heavy atom. The SMILES string of the molecule is CCCNc1ccccc1C(=O)Nc1ccc(F)cc1Cl. The van der Waals surface area contributed by atoms with Crippen LogP contribution in [0.15, 0.2) is 42.5 Å². The lowest BCUT2D eigenvalue weighted by Crippen LogP contribution is -2.15. The molecule has 5 heteroatoms. The number of carbonyl (C=O) groups is 1. The first-order valence-corrected chi connectivity index (χ1v) is 7.09. The van der Waals surface area contributed by atoms with Crippen LogP contribution in [0.25, 0.3) is 0 Å². The molecular formula is C16H16ClFN2O. The number of nitrogens with one attached hydrogen (secondary N) is 2. The van der Waals surface area contributed by atoms with Crippen LogP contribution in [-0.2, 0) is 0 Å². The summed E-state index contributed by atoms with van der Waals surface area (Å²) >= 11 is 5.91. The first kappa shape index (κ1) is 15.3. The minimum Gasteiger partial charge on any atom is -0.384 e. The van der Waals surface area contributed by atoms with Gasteiger partial charge in [-0.1, -0.05) is 30.7 Å². The number of amides is 1. The summed E-state index contributed by atoms with van der Waals surface area (Å²) in [5, 5.41) is 6.06. The molecule has 0 fully saturated rings. The van der Waals surface area contributed by atoms with Gasteiger partial charge in [-0.05, 0) is 36.8 Å². The van der Waals surface area contributed by atoms with E-state index in [1.165, 1.54) is 18.2 Å². The molecule has 0 heterocycles. The predicted octanol–water partition coefficient (Wildman–Crippen LogP) is 4.55. The van der Waals surface area contributed by atoms with Crippen LogP contribution in [0.5, 0.6) is 0 Å². The van der Waals surface area contributed by atoms with Crippen molar-refractivity contribution in [1.82, 2.24) is 0 Å². The first-order chi connectivity index (χ1) is 10.1. The van der Waals surface area contributed by atoms with Crippen LogP contribution < -0.4 is 10.6 Å². The van der Waals surface area contributed by atoms with Gasteiger partial charge in [0.25, 0.3) is 5.91 Å². The lowest BCUT2D eigenvalue weighted by Gasteiger charge is -2.12. The highest BCUT2D eigenvalue weighted by atomic mass is 35.5. The zero-order valence-electron chi connectivity index (χ0n) is 11.6. The number of hydrogen-bond donors (Lipinski definition) is 2. The predicted molar refractivity (Wildman–Crippen MR) is 84.6 cm³/mol. The Morgan fingerprint density at radius 2 is 1.95 bits per heavy atom. The van der Waals surface area contributed by atoms with Crippen molar-refractivity contribution in [2.75, 3.05) is 17.2 Å². The molecule has 2 N–H and O–H groups in total. The van der Waals surface area contributed by atoms with E-state index in [0.29, 0.717) is 11.3 Å². The molecule has 0 bridgehead atoms. The Hall–Kier alpha value is -2.07. The number of halogens is 2. The van der Waals surface area contributed by atoms with Crippen LogP contribution in [0.4, 0.5) is 15.8 Å². The molecule has 0 spiro atoms. The maximum atomic E-state index is 13.0. The molecule has 2 rings (SSSR count). The van der Waals surface area contributed by atoms with E-state index in [1.54, 1.807) is 12.1 Å². The molecule has 21 heavy (non-hydrogen) atoms. The van der Waals surface area contributed by atoms with Gasteiger partial charge in [0.15, 0.2) is 0 Å². The zero-order chi connectivity index (χ0) is 15.2. The standard InChI is InChI=1S/C16H16ClFN2O/c1-2-9-19-14-6-4-3-5-12(14)16(21)20-15-8-7-11(18)10-13(15)17/h3-8,10,19H,2,9H2,1H3,(H,20,21). The van der Waals surface area contributed by atoms with E-state index in [9.17, 15) is 9.18 Å².